The number of carboxylic acids is 1. The second-order valence-electron chi connectivity index (χ2n) is 3.90. The predicted octanol–water partition coefficient (Wildman–Crippen LogP) is 1.83. The summed E-state index contributed by atoms with van der Waals surface area (Å²) < 4.78 is 5.33. The first-order valence-corrected chi connectivity index (χ1v) is 5.53. The van der Waals surface area contributed by atoms with Gasteiger partial charge in [0.15, 0.2) is 5.76 Å². The van der Waals surface area contributed by atoms with E-state index in [1.165, 1.54) is 4.90 Å². The number of carbonyl (C=O) groups excluding carboxylic acids is 1. The van der Waals surface area contributed by atoms with E-state index in [4.69, 9.17) is 9.52 Å². The normalized spacial score (nSPS) is 10.3. The number of amides is 1. The predicted molar refractivity (Wildman–Crippen MR) is 62.0 cm³/mol. The van der Waals surface area contributed by atoms with Crippen LogP contribution in [-0.4, -0.2) is 35.0 Å². The van der Waals surface area contributed by atoms with Crippen molar-refractivity contribution in [2.75, 3.05) is 13.1 Å². The highest BCUT2D eigenvalue weighted by Gasteiger charge is 2.20. The Balaban J connectivity index is 2.79. The zero-order valence-electron chi connectivity index (χ0n) is 10.3. The lowest BCUT2D eigenvalue weighted by Crippen LogP contribution is -2.32. The molecule has 0 fully saturated rings. The van der Waals surface area contributed by atoms with E-state index in [9.17, 15) is 9.59 Å². The Morgan fingerprint density at radius 3 is 2.47 bits per heavy atom. The van der Waals surface area contributed by atoms with Crippen LogP contribution in [0.3, 0.4) is 0 Å². The van der Waals surface area contributed by atoms with E-state index in [2.05, 4.69) is 0 Å². The Hall–Kier alpha value is -1.78. The molecule has 1 amide bonds. The molecule has 0 aliphatic rings. The fourth-order valence-corrected chi connectivity index (χ4v) is 1.63. The Kier molecular flexibility index (Phi) is 4.31. The molecule has 5 nitrogen and oxygen atoms in total. The van der Waals surface area contributed by atoms with Crippen LogP contribution in [0, 0.1) is 13.8 Å². The number of carbonyl (C=O) groups is 2. The Labute approximate surface area is 100 Å². The molecule has 0 spiro atoms. The number of aryl methyl sites for hydroxylation is 2. The molecular formula is C12H17NO4. The van der Waals surface area contributed by atoms with Crippen molar-refractivity contribution in [3.8, 4) is 0 Å². The van der Waals surface area contributed by atoms with Crippen LogP contribution in [0.5, 0.6) is 0 Å². The van der Waals surface area contributed by atoms with Crippen LogP contribution in [-0.2, 0) is 4.79 Å². The number of aliphatic carboxylic acids is 1. The number of hydrogen-bond donors (Lipinski definition) is 1. The van der Waals surface area contributed by atoms with Gasteiger partial charge in [-0.15, -0.1) is 0 Å². The lowest BCUT2D eigenvalue weighted by molar-refractivity contribution is -0.137. The number of rotatable bonds is 5. The van der Waals surface area contributed by atoms with Crippen molar-refractivity contribution in [2.24, 2.45) is 0 Å². The van der Waals surface area contributed by atoms with Gasteiger partial charge in [0.2, 0.25) is 0 Å². The summed E-state index contributed by atoms with van der Waals surface area (Å²) in [7, 11) is 0. The zero-order valence-corrected chi connectivity index (χ0v) is 10.3. The van der Waals surface area contributed by atoms with Gasteiger partial charge in [-0.3, -0.25) is 9.59 Å². The molecule has 94 valence electrons. The highest BCUT2D eigenvalue weighted by atomic mass is 16.4. The first-order valence-electron chi connectivity index (χ1n) is 5.53. The minimum absolute atomic E-state index is 0.0572. The van der Waals surface area contributed by atoms with Gasteiger partial charge < -0.3 is 14.4 Å². The van der Waals surface area contributed by atoms with E-state index in [-0.39, 0.29) is 18.9 Å². The molecule has 1 N–H and O–H groups in total. The number of hydrogen-bond acceptors (Lipinski definition) is 3. The van der Waals surface area contributed by atoms with Crippen molar-refractivity contribution < 1.29 is 19.1 Å². The minimum atomic E-state index is -0.913. The average molecular weight is 239 g/mol. The van der Waals surface area contributed by atoms with Gasteiger partial charge in [-0.1, -0.05) is 0 Å². The van der Waals surface area contributed by atoms with Gasteiger partial charge in [0, 0.05) is 18.7 Å². The van der Waals surface area contributed by atoms with Crippen molar-refractivity contribution in [1.29, 1.82) is 0 Å². The van der Waals surface area contributed by atoms with Crippen molar-refractivity contribution in [1.82, 2.24) is 4.90 Å². The minimum Gasteiger partial charge on any atom is -0.481 e. The topological polar surface area (TPSA) is 70.8 Å². The van der Waals surface area contributed by atoms with Crippen molar-refractivity contribution in [3.63, 3.8) is 0 Å². The maximum absolute atomic E-state index is 12.1. The largest absolute Gasteiger partial charge is 0.481 e. The fraction of sp³-hybridized carbons (Fsp3) is 0.500. The SMILES string of the molecule is CCN(CCC(=O)O)C(=O)c1oc(C)cc1C. The molecule has 0 aliphatic heterocycles. The Morgan fingerprint density at radius 2 is 2.06 bits per heavy atom. The van der Waals surface area contributed by atoms with Gasteiger partial charge in [-0.05, 0) is 26.8 Å². The van der Waals surface area contributed by atoms with Gasteiger partial charge in [0.25, 0.3) is 5.91 Å². The van der Waals surface area contributed by atoms with Crippen LogP contribution in [0.15, 0.2) is 10.5 Å². The highest BCUT2D eigenvalue weighted by molar-refractivity contribution is 5.93. The van der Waals surface area contributed by atoms with E-state index in [1.807, 2.05) is 6.92 Å². The summed E-state index contributed by atoms with van der Waals surface area (Å²) in [5, 5.41) is 8.61. The summed E-state index contributed by atoms with van der Waals surface area (Å²) in [5.74, 6) is -0.183. The summed E-state index contributed by atoms with van der Waals surface area (Å²) >= 11 is 0. The number of nitrogens with zero attached hydrogens (tertiary/aromatic N) is 1. The van der Waals surface area contributed by atoms with E-state index >= 15 is 0 Å². The lowest BCUT2D eigenvalue weighted by Gasteiger charge is -2.18. The third kappa shape index (κ3) is 3.34. The molecule has 1 aromatic heterocycles. The van der Waals surface area contributed by atoms with Gasteiger partial charge in [0.1, 0.15) is 5.76 Å². The van der Waals surface area contributed by atoms with Crippen LogP contribution in [0.2, 0.25) is 0 Å². The van der Waals surface area contributed by atoms with Crippen molar-refractivity contribution in [3.05, 3.63) is 23.2 Å². The maximum Gasteiger partial charge on any atom is 0.305 e. The molecule has 0 unspecified atom stereocenters. The monoisotopic (exact) mass is 239 g/mol. The molecule has 0 aliphatic carbocycles. The average Bonchev–Trinajstić information content (AvgIpc) is 2.58. The smallest absolute Gasteiger partial charge is 0.305 e. The molecule has 0 aromatic carbocycles. The summed E-state index contributed by atoms with van der Waals surface area (Å²) in [4.78, 5) is 24.0. The molecule has 0 saturated heterocycles. The van der Waals surface area contributed by atoms with Gasteiger partial charge in [-0.2, -0.15) is 0 Å². The van der Waals surface area contributed by atoms with E-state index in [1.54, 1.807) is 19.9 Å². The van der Waals surface area contributed by atoms with Crippen LogP contribution < -0.4 is 0 Å². The summed E-state index contributed by atoms with van der Waals surface area (Å²) in [6.07, 6.45) is -0.0572. The molecular weight excluding hydrogens is 222 g/mol. The van der Waals surface area contributed by atoms with Gasteiger partial charge in [0.05, 0.1) is 6.42 Å². The first kappa shape index (κ1) is 13.3. The molecule has 1 aromatic rings. The second-order valence-corrected chi connectivity index (χ2v) is 3.90. The van der Waals surface area contributed by atoms with Crippen molar-refractivity contribution >= 4 is 11.9 Å². The summed E-state index contributed by atoms with van der Waals surface area (Å²) in [5.41, 5.74) is 0.779. The molecule has 0 radical (unpaired) electrons. The summed E-state index contributed by atoms with van der Waals surface area (Å²) in [6, 6.07) is 1.79. The number of furan rings is 1. The summed E-state index contributed by atoms with van der Waals surface area (Å²) in [6.45, 7) is 6.05. The molecule has 0 bridgehead atoms. The third-order valence-corrected chi connectivity index (χ3v) is 2.50. The van der Waals surface area contributed by atoms with Crippen LogP contribution in [0.1, 0.15) is 35.2 Å². The lowest BCUT2D eigenvalue weighted by atomic mass is 10.2. The Morgan fingerprint density at radius 1 is 1.41 bits per heavy atom. The van der Waals surface area contributed by atoms with Crippen molar-refractivity contribution in [2.45, 2.75) is 27.2 Å². The quantitative estimate of drug-likeness (QED) is 0.851. The molecule has 17 heavy (non-hydrogen) atoms. The molecule has 1 rings (SSSR count). The number of carboxylic acid groups (broad SMARTS) is 1. The molecule has 0 saturated carbocycles. The zero-order chi connectivity index (χ0) is 13.0. The highest BCUT2D eigenvalue weighted by Crippen LogP contribution is 2.16. The Bertz CT molecular complexity index is 422. The van der Waals surface area contributed by atoms with Gasteiger partial charge in [-0.25, -0.2) is 0 Å². The maximum atomic E-state index is 12.1. The molecule has 1 heterocycles. The van der Waals surface area contributed by atoms with Crippen LogP contribution in [0.25, 0.3) is 0 Å². The van der Waals surface area contributed by atoms with E-state index in [0.29, 0.717) is 18.1 Å². The second kappa shape index (κ2) is 5.52. The molecule has 0 atom stereocenters. The van der Waals surface area contributed by atoms with Gasteiger partial charge >= 0.3 is 5.97 Å². The van der Waals surface area contributed by atoms with Crippen LogP contribution >= 0.6 is 0 Å². The van der Waals surface area contributed by atoms with Crippen LogP contribution in [0.4, 0.5) is 0 Å². The van der Waals surface area contributed by atoms with E-state index in [0.717, 1.165) is 5.56 Å². The molecule has 5 heteroatoms. The standard InChI is InChI=1S/C12H17NO4/c1-4-13(6-5-10(14)15)12(16)11-8(2)7-9(3)17-11/h7H,4-6H2,1-3H3,(H,14,15). The fourth-order valence-electron chi connectivity index (χ4n) is 1.63. The third-order valence-electron chi connectivity index (χ3n) is 2.50. The first-order chi connectivity index (χ1) is 7.95. The van der Waals surface area contributed by atoms with E-state index < -0.39 is 5.97 Å².